The number of nitrogens with one attached hydrogen (secondary N) is 2. The summed E-state index contributed by atoms with van der Waals surface area (Å²) in [5.41, 5.74) is 4.17. The van der Waals surface area contributed by atoms with Crippen LogP contribution in [0.25, 0.3) is 16.8 Å². The average Bonchev–Trinajstić information content (AvgIpc) is 4.11. The molecule has 0 aromatic heterocycles. The van der Waals surface area contributed by atoms with Crippen LogP contribution >= 0.6 is 0 Å². The minimum absolute atomic E-state index is 0.0532. The molecule has 2 bridgehead atoms. The standard InChI is InChI=1S/C53H60N4O11/c1-54-23-31-11-8-14-34-39(31)25-57(51(34)63)26-41(59)46-36(30-9-6-7-10-30)20-32-21-43(65-2)35-16-18-42(38-24-56-40-17-15-29(19-37(38)40)22-55-33-12-4-3-5-13-33)66-27-44-47(60)50(62)53(64,28-58)52(67-44)68-49(35)45(32)48(46)61/h8,11,14-21,24,30,33,42,44,47,50,52,54-55,58,60,62,64H,3-7,9-10,12-13,22-23,25-28H2,1-2H3/p+1/b18-16+/t42-,44-,47-,50+,52-,53-/m1/s1. The number of Topliss-reactive ketones (excluding diaryl/α,β-unsaturated/α-hetero) is 1. The molecule has 358 valence electrons. The van der Waals surface area contributed by atoms with E-state index in [-0.39, 0.29) is 53.8 Å². The van der Waals surface area contributed by atoms with Crippen molar-refractivity contribution in [2.45, 2.75) is 119 Å². The molecule has 3 aromatic rings. The van der Waals surface area contributed by atoms with E-state index >= 15 is 0 Å². The summed E-state index contributed by atoms with van der Waals surface area (Å²) in [4.78, 5) is 35.0. The van der Waals surface area contributed by atoms with E-state index < -0.39 is 54.4 Å². The number of carbonyl (C=O) groups is 2. The average molecular weight is 930 g/mol. The highest BCUT2D eigenvalue weighted by Gasteiger charge is 2.57. The molecule has 2 saturated carbocycles. The maximum Gasteiger partial charge on any atom is 0.254 e. The number of ketones is 1. The normalized spacial score (nSPS) is 27.8. The maximum absolute atomic E-state index is 14.9. The Bertz CT molecular complexity index is 2640. The van der Waals surface area contributed by atoms with Gasteiger partial charge in [0.1, 0.15) is 47.2 Å². The fraction of sp³-hybridized carbons (Fsp3) is 0.472. The first kappa shape index (κ1) is 46.4. The molecule has 7 aliphatic rings. The van der Waals surface area contributed by atoms with Crippen molar-refractivity contribution in [1.82, 2.24) is 15.5 Å². The third kappa shape index (κ3) is 8.36. The number of phenolic OH excluding ortho intramolecular Hbond substituents is 1. The lowest BCUT2D eigenvalue weighted by Crippen LogP contribution is -2.69. The van der Waals surface area contributed by atoms with Crippen molar-refractivity contribution in [2.24, 2.45) is 4.99 Å². The van der Waals surface area contributed by atoms with E-state index in [1.165, 1.54) is 31.3 Å². The number of hydrogen-bond donors (Lipinski definition) is 7. The van der Waals surface area contributed by atoms with Crippen LogP contribution in [0.4, 0.5) is 0 Å². The Hall–Kier alpha value is -5.36. The molecule has 0 unspecified atom stereocenters. The summed E-state index contributed by atoms with van der Waals surface area (Å²) in [6.07, 6.45) is 13.3. The summed E-state index contributed by atoms with van der Waals surface area (Å²) < 4.78 is 25.5. The van der Waals surface area contributed by atoms with Crippen LogP contribution in [0, 0.1) is 6.42 Å². The van der Waals surface area contributed by atoms with Crippen LogP contribution in [0.1, 0.15) is 107 Å². The summed E-state index contributed by atoms with van der Waals surface area (Å²) >= 11 is 0. The van der Waals surface area contributed by atoms with E-state index in [1.54, 1.807) is 30.5 Å². The Balaban J connectivity index is 1.08. The van der Waals surface area contributed by atoms with E-state index in [0.29, 0.717) is 41.4 Å². The summed E-state index contributed by atoms with van der Waals surface area (Å²) in [7, 11) is 3.33. The SMILES string of the molecule is CNCc1cccc2c1CN(CC(=O)c1c(C3CCCC3)cc3cc(OC)c4c(c3c1O)O[C@H]1O[C@H](CO[C@@H](C3=C5[CH+]C(CNC6CCCCC6)=CC=C5N=C3)/C=C/4)[C@@H](O)[C@H](O)[C@]1(O)CO)C2=O. The van der Waals surface area contributed by atoms with E-state index in [4.69, 9.17) is 23.9 Å². The number of nitrogens with zero attached hydrogens (tertiary/aromatic N) is 2. The van der Waals surface area contributed by atoms with Crippen LogP contribution in [0.2, 0.25) is 0 Å². The molecule has 3 fully saturated rings. The Morgan fingerprint density at radius 3 is 2.62 bits per heavy atom. The van der Waals surface area contributed by atoms with Gasteiger partial charge in [-0.1, -0.05) is 44.2 Å². The molecule has 4 aliphatic heterocycles. The summed E-state index contributed by atoms with van der Waals surface area (Å²) in [6, 6.07) is 9.64. The molecular formula is C53H61N4O11+. The number of aliphatic hydroxyl groups excluding tert-OH is 3. The molecule has 4 heterocycles. The van der Waals surface area contributed by atoms with Gasteiger partial charge < -0.3 is 60.0 Å². The number of ether oxygens (including phenoxy) is 4. The zero-order valence-corrected chi connectivity index (χ0v) is 38.6. The molecule has 0 spiro atoms. The molecular weight excluding hydrogens is 869 g/mol. The molecule has 68 heavy (non-hydrogen) atoms. The second-order valence-electron chi connectivity index (χ2n) is 19.3. The van der Waals surface area contributed by atoms with Crippen molar-refractivity contribution in [2.75, 3.05) is 40.5 Å². The van der Waals surface area contributed by atoms with Crippen LogP contribution in [0.3, 0.4) is 0 Å². The number of amides is 1. The Morgan fingerprint density at radius 1 is 1.06 bits per heavy atom. The van der Waals surface area contributed by atoms with Crippen molar-refractivity contribution in [3.8, 4) is 17.2 Å². The Kier molecular flexibility index (Phi) is 13.1. The molecule has 3 aromatic carbocycles. The number of fused-ring (bicyclic) bond motifs is 7. The molecule has 10 rings (SSSR count). The van der Waals surface area contributed by atoms with E-state index in [2.05, 4.69) is 23.1 Å². The van der Waals surface area contributed by atoms with Gasteiger partial charge in [0.25, 0.3) is 5.91 Å². The van der Waals surface area contributed by atoms with Crippen molar-refractivity contribution >= 4 is 34.8 Å². The van der Waals surface area contributed by atoms with Gasteiger partial charge in [0.2, 0.25) is 6.29 Å². The van der Waals surface area contributed by atoms with E-state index in [0.717, 1.165) is 72.1 Å². The summed E-state index contributed by atoms with van der Waals surface area (Å²) in [5.74, 6) is -0.970. The van der Waals surface area contributed by atoms with Gasteiger partial charge in [-0.15, -0.1) is 0 Å². The highest BCUT2D eigenvalue weighted by molar-refractivity contribution is 6.11. The Labute approximate surface area is 395 Å². The number of carbonyl (C=O) groups excluding carboxylic acids is 2. The quantitative estimate of drug-likeness (QED) is 0.0937. The van der Waals surface area contributed by atoms with Gasteiger partial charge >= 0.3 is 0 Å². The molecule has 6 atom stereocenters. The van der Waals surface area contributed by atoms with Crippen molar-refractivity contribution in [1.29, 1.82) is 0 Å². The number of aliphatic hydroxyl groups is 4. The van der Waals surface area contributed by atoms with Gasteiger partial charge in [-0.3, -0.25) is 9.59 Å². The van der Waals surface area contributed by atoms with Crippen molar-refractivity contribution < 1.29 is 54.1 Å². The first-order chi connectivity index (χ1) is 33.0. The van der Waals surface area contributed by atoms with Crippen molar-refractivity contribution in [3.05, 3.63) is 111 Å². The number of rotatable bonds is 12. The van der Waals surface area contributed by atoms with Crippen LogP contribution in [-0.2, 0) is 22.6 Å². The minimum atomic E-state index is -2.57. The third-order valence-electron chi connectivity index (χ3n) is 15.0. The van der Waals surface area contributed by atoms with Gasteiger partial charge in [-0.2, -0.15) is 4.99 Å². The topological polar surface area (TPSA) is 212 Å². The zero-order chi connectivity index (χ0) is 47.3. The van der Waals surface area contributed by atoms with Gasteiger partial charge in [0, 0.05) is 55.4 Å². The lowest BCUT2D eigenvalue weighted by Gasteiger charge is -2.47. The van der Waals surface area contributed by atoms with Gasteiger partial charge in [-0.25, -0.2) is 0 Å². The number of methoxy groups -OCH3 is 1. The van der Waals surface area contributed by atoms with Crippen LogP contribution in [0.5, 0.6) is 17.2 Å². The predicted octanol–water partition coefficient (Wildman–Crippen LogP) is 5.06. The molecule has 15 nitrogen and oxygen atoms in total. The van der Waals surface area contributed by atoms with Crippen LogP contribution in [-0.4, -0.2) is 131 Å². The molecule has 1 saturated heterocycles. The fourth-order valence-electron chi connectivity index (χ4n) is 11.2. The van der Waals surface area contributed by atoms with E-state index in [9.17, 15) is 35.1 Å². The zero-order valence-electron chi connectivity index (χ0n) is 38.6. The van der Waals surface area contributed by atoms with E-state index in [1.807, 2.05) is 31.3 Å². The lowest BCUT2D eigenvalue weighted by molar-refractivity contribution is -0.329. The van der Waals surface area contributed by atoms with Crippen LogP contribution in [0.15, 0.2) is 76.0 Å². The van der Waals surface area contributed by atoms with Gasteiger partial charge in [-0.05, 0) is 91.1 Å². The molecule has 3 aliphatic carbocycles. The fourth-order valence-corrected chi connectivity index (χ4v) is 11.2. The maximum atomic E-state index is 14.9. The largest absolute Gasteiger partial charge is 0.506 e. The third-order valence-corrected chi connectivity index (χ3v) is 15.0. The molecule has 7 N–H and O–H groups in total. The second kappa shape index (κ2) is 19.2. The highest BCUT2D eigenvalue weighted by Crippen LogP contribution is 2.50. The first-order valence-corrected chi connectivity index (χ1v) is 24.1. The number of aromatic hydroxyl groups is 1. The summed E-state index contributed by atoms with van der Waals surface area (Å²) in [6.45, 7) is -0.181. The number of phenols is 1. The lowest BCUT2D eigenvalue weighted by atomic mass is 9.86. The first-order valence-electron chi connectivity index (χ1n) is 24.1. The minimum Gasteiger partial charge on any atom is -0.506 e. The monoisotopic (exact) mass is 929 g/mol. The Morgan fingerprint density at radius 2 is 1.85 bits per heavy atom. The predicted molar refractivity (Wildman–Crippen MR) is 255 cm³/mol. The number of benzene rings is 3. The molecule has 15 heteroatoms. The van der Waals surface area contributed by atoms with Crippen LogP contribution < -0.4 is 20.1 Å². The van der Waals surface area contributed by atoms with Gasteiger partial charge in [0.05, 0.1) is 55.2 Å². The molecule has 0 radical (unpaired) electrons. The van der Waals surface area contributed by atoms with Gasteiger partial charge in [0.15, 0.2) is 17.1 Å². The smallest absolute Gasteiger partial charge is 0.254 e. The number of aliphatic imine (C=N–C) groups is 1. The summed E-state index contributed by atoms with van der Waals surface area (Å²) in [5, 5.41) is 65.7. The second-order valence-corrected chi connectivity index (χ2v) is 19.3. The highest BCUT2D eigenvalue weighted by atomic mass is 16.7. The number of allylic oxidation sites excluding steroid dienone is 3. The number of hydrogen-bond acceptors (Lipinski definition) is 14. The molecule has 1 amide bonds. The van der Waals surface area contributed by atoms with Crippen molar-refractivity contribution in [3.63, 3.8) is 0 Å².